The molecule has 4 atom stereocenters. The van der Waals surface area contributed by atoms with Crippen molar-refractivity contribution < 1.29 is 18.9 Å². The fourth-order valence-electron chi connectivity index (χ4n) is 5.28. The average molecular weight is 406 g/mol. The number of methoxy groups -OCH3 is 1. The molecule has 1 aliphatic carbocycles. The van der Waals surface area contributed by atoms with Gasteiger partial charge in [-0.25, -0.2) is 0 Å². The van der Waals surface area contributed by atoms with E-state index in [9.17, 15) is 15.8 Å². The molecule has 154 valence electrons. The fraction of sp³-hybridized carbons (Fsp3) is 0.545. The Morgan fingerprint density at radius 1 is 1.17 bits per heavy atom. The third kappa shape index (κ3) is 2.24. The number of ether oxygens (including phenoxy) is 4. The van der Waals surface area contributed by atoms with Gasteiger partial charge in [0.25, 0.3) is 0 Å². The molecule has 0 unspecified atom stereocenters. The van der Waals surface area contributed by atoms with Gasteiger partial charge in [0.2, 0.25) is 17.1 Å². The molecule has 2 saturated heterocycles. The van der Waals surface area contributed by atoms with E-state index in [0.29, 0.717) is 36.5 Å². The molecule has 3 fully saturated rings. The maximum Gasteiger partial charge on any atom is 0.217 e. The van der Waals surface area contributed by atoms with Crippen molar-refractivity contribution >= 4 is 5.90 Å². The van der Waals surface area contributed by atoms with Gasteiger partial charge in [0, 0.05) is 6.42 Å². The van der Waals surface area contributed by atoms with Crippen LogP contribution in [0.4, 0.5) is 0 Å². The lowest BCUT2D eigenvalue weighted by Crippen LogP contribution is -2.60. The second-order valence-electron chi connectivity index (χ2n) is 7.83. The number of benzene rings is 1. The molecular formula is C22H22N4O4. The molecule has 2 heterocycles. The van der Waals surface area contributed by atoms with Crippen LogP contribution >= 0.6 is 0 Å². The van der Waals surface area contributed by atoms with Crippen molar-refractivity contribution in [2.75, 3.05) is 13.7 Å². The van der Waals surface area contributed by atoms with E-state index in [2.05, 4.69) is 18.2 Å². The van der Waals surface area contributed by atoms with Gasteiger partial charge in [0.1, 0.15) is 6.10 Å². The van der Waals surface area contributed by atoms with Crippen molar-refractivity contribution in [1.82, 2.24) is 0 Å². The number of nitrogens with one attached hydrogen (secondary N) is 1. The first-order valence-electron chi connectivity index (χ1n) is 9.99. The standard InChI is InChI=1S/C22H22N4O4/c1-3-28-15-8-7-14(10-16(15)27-2)18-20(11-23,12-24)21(13-25)17-6-4-5-9-22(17,29-18)30-19(21)26/h7-8,10,17-18,26H,3-6,9H2,1-2H3/t17-,18-,21+,22+/m0/s1. The van der Waals surface area contributed by atoms with Crippen molar-refractivity contribution in [3.8, 4) is 29.7 Å². The predicted octanol–water partition coefficient (Wildman–Crippen LogP) is 3.60. The van der Waals surface area contributed by atoms with Gasteiger partial charge in [-0.3, -0.25) is 5.41 Å². The summed E-state index contributed by atoms with van der Waals surface area (Å²) in [6.07, 6.45) is 1.61. The summed E-state index contributed by atoms with van der Waals surface area (Å²) >= 11 is 0. The summed E-state index contributed by atoms with van der Waals surface area (Å²) in [6.45, 7) is 2.30. The van der Waals surface area contributed by atoms with Gasteiger partial charge in [0.05, 0.1) is 37.8 Å². The molecule has 4 rings (SSSR count). The first kappa shape index (κ1) is 20.0. The quantitative estimate of drug-likeness (QED) is 0.807. The minimum Gasteiger partial charge on any atom is -0.493 e. The van der Waals surface area contributed by atoms with Crippen LogP contribution in [-0.4, -0.2) is 25.4 Å². The molecule has 0 aromatic heterocycles. The van der Waals surface area contributed by atoms with Gasteiger partial charge in [-0.1, -0.05) is 12.5 Å². The summed E-state index contributed by atoms with van der Waals surface area (Å²) in [4.78, 5) is 0. The Kier molecular flexibility index (Phi) is 4.60. The topological polar surface area (TPSA) is 132 Å². The smallest absolute Gasteiger partial charge is 0.217 e. The summed E-state index contributed by atoms with van der Waals surface area (Å²) in [5.74, 6) is -1.12. The molecule has 1 aromatic carbocycles. The zero-order chi connectivity index (χ0) is 21.6. The summed E-state index contributed by atoms with van der Waals surface area (Å²) < 4.78 is 23.3. The molecule has 1 saturated carbocycles. The predicted molar refractivity (Wildman–Crippen MR) is 103 cm³/mol. The van der Waals surface area contributed by atoms with Crippen molar-refractivity contribution in [2.24, 2.45) is 16.7 Å². The summed E-state index contributed by atoms with van der Waals surface area (Å²) in [5.41, 5.74) is -3.15. The monoisotopic (exact) mass is 406 g/mol. The minimum absolute atomic E-state index is 0.347. The van der Waals surface area contributed by atoms with Crippen LogP contribution < -0.4 is 9.47 Å². The highest BCUT2D eigenvalue weighted by Gasteiger charge is 2.80. The lowest BCUT2D eigenvalue weighted by molar-refractivity contribution is -0.294. The molecule has 8 nitrogen and oxygen atoms in total. The fourth-order valence-corrected chi connectivity index (χ4v) is 5.28. The molecule has 3 aliphatic rings. The van der Waals surface area contributed by atoms with Crippen LogP contribution in [0.25, 0.3) is 0 Å². The number of nitriles is 3. The molecule has 30 heavy (non-hydrogen) atoms. The van der Waals surface area contributed by atoms with E-state index in [0.717, 1.165) is 12.8 Å². The van der Waals surface area contributed by atoms with E-state index >= 15 is 0 Å². The van der Waals surface area contributed by atoms with E-state index in [1.807, 2.05) is 6.92 Å². The van der Waals surface area contributed by atoms with Crippen LogP contribution in [0.2, 0.25) is 0 Å². The molecule has 2 bridgehead atoms. The maximum atomic E-state index is 10.3. The van der Waals surface area contributed by atoms with E-state index in [4.69, 9.17) is 24.4 Å². The molecule has 0 amide bonds. The lowest BCUT2D eigenvalue weighted by Gasteiger charge is -2.51. The van der Waals surface area contributed by atoms with E-state index in [1.54, 1.807) is 18.2 Å². The zero-order valence-corrected chi connectivity index (χ0v) is 16.9. The van der Waals surface area contributed by atoms with Crippen LogP contribution in [0.5, 0.6) is 11.5 Å². The molecule has 0 radical (unpaired) electrons. The Hall–Kier alpha value is -3.28. The van der Waals surface area contributed by atoms with Crippen molar-refractivity contribution in [2.45, 2.75) is 44.5 Å². The van der Waals surface area contributed by atoms with Gasteiger partial charge < -0.3 is 18.9 Å². The van der Waals surface area contributed by atoms with Crippen LogP contribution in [0, 0.1) is 56.2 Å². The number of rotatable bonds is 4. The Morgan fingerprint density at radius 2 is 1.93 bits per heavy atom. The number of hydrogen-bond acceptors (Lipinski definition) is 8. The molecule has 0 spiro atoms. The number of hydrogen-bond donors (Lipinski definition) is 1. The number of nitrogens with zero attached hydrogens (tertiary/aromatic N) is 3. The highest BCUT2D eigenvalue weighted by Crippen LogP contribution is 2.69. The SMILES string of the molecule is CCOc1ccc([C@@H]2O[C@@]34CCCC[C@H]3[C@](C#N)(C(=N)O4)C2(C#N)C#N)cc1OC. The summed E-state index contributed by atoms with van der Waals surface area (Å²) in [5, 5.41) is 39.3. The molecule has 8 heteroatoms. The van der Waals surface area contributed by atoms with Gasteiger partial charge in [-0.2, -0.15) is 15.8 Å². The average Bonchev–Trinajstić information content (AvgIpc) is 2.98. The molecular weight excluding hydrogens is 384 g/mol. The summed E-state index contributed by atoms with van der Waals surface area (Å²) in [6, 6.07) is 11.4. The van der Waals surface area contributed by atoms with Gasteiger partial charge in [-0.15, -0.1) is 0 Å². The van der Waals surface area contributed by atoms with Crippen LogP contribution in [0.1, 0.15) is 44.3 Å². The lowest BCUT2D eigenvalue weighted by atomic mass is 9.51. The third-order valence-electron chi connectivity index (χ3n) is 6.61. The summed E-state index contributed by atoms with van der Waals surface area (Å²) in [7, 11) is 1.50. The normalized spacial score (nSPS) is 33.2. The molecule has 1 N–H and O–H groups in total. The third-order valence-corrected chi connectivity index (χ3v) is 6.61. The molecule has 1 aromatic rings. The second-order valence-corrected chi connectivity index (χ2v) is 7.83. The first-order chi connectivity index (χ1) is 14.5. The maximum absolute atomic E-state index is 10.3. The van der Waals surface area contributed by atoms with Crippen LogP contribution in [0.15, 0.2) is 18.2 Å². The Balaban J connectivity index is 1.94. The second kappa shape index (κ2) is 6.90. The van der Waals surface area contributed by atoms with E-state index in [-0.39, 0.29) is 5.90 Å². The minimum atomic E-state index is -1.95. The van der Waals surface area contributed by atoms with E-state index < -0.39 is 28.6 Å². The van der Waals surface area contributed by atoms with Gasteiger partial charge in [-0.05, 0) is 37.5 Å². The zero-order valence-electron chi connectivity index (χ0n) is 16.9. The van der Waals surface area contributed by atoms with Gasteiger partial charge >= 0.3 is 0 Å². The first-order valence-corrected chi connectivity index (χ1v) is 9.99. The molecule has 2 aliphatic heterocycles. The van der Waals surface area contributed by atoms with Crippen molar-refractivity contribution in [3.05, 3.63) is 23.8 Å². The Bertz CT molecular complexity index is 1010. The highest BCUT2D eigenvalue weighted by atomic mass is 16.7. The highest BCUT2D eigenvalue weighted by molar-refractivity contribution is 5.89. The van der Waals surface area contributed by atoms with E-state index in [1.165, 1.54) is 7.11 Å². The van der Waals surface area contributed by atoms with Crippen LogP contribution in [0.3, 0.4) is 0 Å². The van der Waals surface area contributed by atoms with Crippen molar-refractivity contribution in [3.63, 3.8) is 0 Å². The Labute approximate surface area is 175 Å². The van der Waals surface area contributed by atoms with Crippen LogP contribution in [-0.2, 0) is 9.47 Å². The van der Waals surface area contributed by atoms with Gasteiger partial charge in [0.15, 0.2) is 16.9 Å². The Morgan fingerprint density at radius 3 is 2.57 bits per heavy atom. The van der Waals surface area contributed by atoms with Crippen molar-refractivity contribution in [1.29, 1.82) is 21.2 Å². The largest absolute Gasteiger partial charge is 0.493 e.